The summed E-state index contributed by atoms with van der Waals surface area (Å²) in [5, 5.41) is 13.2. The first-order valence-electron chi connectivity index (χ1n) is 9.38. The lowest BCUT2D eigenvalue weighted by Gasteiger charge is -2.30. The Balaban J connectivity index is 1.46. The van der Waals surface area contributed by atoms with Gasteiger partial charge in [0.15, 0.2) is 5.96 Å². The van der Waals surface area contributed by atoms with E-state index in [0.717, 1.165) is 61.6 Å². The van der Waals surface area contributed by atoms with Gasteiger partial charge in [0.2, 0.25) is 5.91 Å². The van der Waals surface area contributed by atoms with Crippen molar-refractivity contribution < 1.29 is 4.79 Å². The largest absolute Gasteiger partial charge is 0.354 e. The van der Waals surface area contributed by atoms with Crippen molar-refractivity contribution in [1.82, 2.24) is 20.9 Å². The zero-order valence-corrected chi connectivity index (χ0v) is 16.0. The van der Waals surface area contributed by atoms with Crippen LogP contribution in [-0.2, 0) is 17.8 Å². The third-order valence-electron chi connectivity index (χ3n) is 4.87. The molecule has 0 aliphatic heterocycles. The lowest BCUT2D eigenvalue weighted by Crippen LogP contribution is -2.47. The molecule has 0 saturated heterocycles. The van der Waals surface area contributed by atoms with Gasteiger partial charge in [-0.25, -0.2) is 4.98 Å². The van der Waals surface area contributed by atoms with Crippen molar-refractivity contribution in [3.05, 3.63) is 16.1 Å². The van der Waals surface area contributed by atoms with Crippen LogP contribution in [0, 0.1) is 5.92 Å². The Morgan fingerprint density at radius 1 is 1.28 bits per heavy atom. The van der Waals surface area contributed by atoms with Crippen LogP contribution in [-0.4, -0.2) is 36.0 Å². The van der Waals surface area contributed by atoms with Gasteiger partial charge in [-0.15, -0.1) is 11.3 Å². The smallest absolute Gasteiger partial charge is 0.223 e. The van der Waals surface area contributed by atoms with Crippen LogP contribution in [0.1, 0.15) is 56.2 Å². The van der Waals surface area contributed by atoms with E-state index in [9.17, 15) is 4.79 Å². The molecule has 3 N–H and O–H groups in total. The lowest BCUT2D eigenvalue weighted by molar-refractivity contribution is -0.126. The average Bonchev–Trinajstić information content (AvgIpc) is 3.33. The van der Waals surface area contributed by atoms with Crippen LogP contribution in [0.25, 0.3) is 0 Å². The van der Waals surface area contributed by atoms with Crippen molar-refractivity contribution in [3.8, 4) is 0 Å². The predicted molar refractivity (Wildman–Crippen MR) is 102 cm³/mol. The Morgan fingerprint density at radius 2 is 2.12 bits per heavy atom. The molecule has 0 radical (unpaired) electrons. The molecule has 3 rings (SSSR count). The summed E-state index contributed by atoms with van der Waals surface area (Å²) >= 11 is 1.70. The molecule has 1 aromatic rings. The lowest BCUT2D eigenvalue weighted by atomic mass is 9.85. The van der Waals surface area contributed by atoms with Gasteiger partial charge in [-0.05, 0) is 38.5 Å². The third-order valence-corrected chi connectivity index (χ3v) is 5.91. The maximum atomic E-state index is 12.3. The standard InChI is InChI=1S/C18H29N5OS/c1-3-16-21-15(11-25-16)10-20-18(19-2)23-14-6-4-5-12(9-14)17(24)22-13-7-8-13/h11-14H,3-10H2,1-2H3,(H,22,24)(H2,19,20,23). The summed E-state index contributed by atoms with van der Waals surface area (Å²) in [6, 6.07) is 0.748. The molecule has 0 bridgehead atoms. The molecule has 2 aliphatic carbocycles. The molecule has 2 aliphatic rings. The van der Waals surface area contributed by atoms with E-state index in [1.165, 1.54) is 0 Å². The van der Waals surface area contributed by atoms with Crippen LogP contribution in [0.4, 0.5) is 0 Å². The number of amides is 1. The highest BCUT2D eigenvalue weighted by Crippen LogP contribution is 2.26. The second-order valence-corrected chi connectivity index (χ2v) is 7.94. The summed E-state index contributed by atoms with van der Waals surface area (Å²) in [5.74, 6) is 1.17. The van der Waals surface area contributed by atoms with E-state index < -0.39 is 0 Å². The first-order valence-corrected chi connectivity index (χ1v) is 10.3. The Morgan fingerprint density at radius 3 is 2.80 bits per heavy atom. The minimum absolute atomic E-state index is 0.135. The van der Waals surface area contributed by atoms with Gasteiger partial charge in [0.05, 0.1) is 17.2 Å². The fourth-order valence-corrected chi connectivity index (χ4v) is 4.01. The highest BCUT2D eigenvalue weighted by atomic mass is 32.1. The van der Waals surface area contributed by atoms with Crippen LogP contribution >= 0.6 is 11.3 Å². The van der Waals surface area contributed by atoms with Gasteiger partial charge in [-0.2, -0.15) is 0 Å². The zero-order chi connectivity index (χ0) is 17.6. The molecule has 2 fully saturated rings. The van der Waals surface area contributed by atoms with E-state index in [2.05, 4.69) is 38.2 Å². The van der Waals surface area contributed by atoms with Gasteiger partial charge in [-0.1, -0.05) is 13.3 Å². The number of carbonyl (C=O) groups excluding carboxylic acids is 1. The van der Waals surface area contributed by atoms with Crippen molar-refractivity contribution in [2.45, 2.75) is 70.5 Å². The second-order valence-electron chi connectivity index (χ2n) is 7.00. The third kappa shape index (κ3) is 5.42. The number of carbonyl (C=O) groups is 1. The van der Waals surface area contributed by atoms with Gasteiger partial charge < -0.3 is 16.0 Å². The van der Waals surface area contributed by atoms with E-state index in [1.807, 2.05) is 0 Å². The number of hydrogen-bond donors (Lipinski definition) is 3. The summed E-state index contributed by atoms with van der Waals surface area (Å²) < 4.78 is 0. The number of aryl methyl sites for hydroxylation is 1. The first-order chi connectivity index (χ1) is 12.2. The predicted octanol–water partition coefficient (Wildman–Crippen LogP) is 2.21. The van der Waals surface area contributed by atoms with Crippen molar-refractivity contribution in [2.75, 3.05) is 7.05 Å². The molecular weight excluding hydrogens is 334 g/mol. The molecular formula is C18H29N5OS. The van der Waals surface area contributed by atoms with Gasteiger partial charge in [0, 0.05) is 30.4 Å². The highest BCUT2D eigenvalue weighted by Gasteiger charge is 2.31. The number of guanidine groups is 1. The Kier molecular flexibility index (Phi) is 6.29. The van der Waals surface area contributed by atoms with Crippen LogP contribution < -0.4 is 16.0 Å². The Bertz CT molecular complexity index is 610. The van der Waals surface area contributed by atoms with Crippen molar-refractivity contribution >= 4 is 23.2 Å². The van der Waals surface area contributed by atoms with E-state index >= 15 is 0 Å². The number of aliphatic imine (C=N–C) groups is 1. The van der Waals surface area contributed by atoms with Crippen LogP contribution in [0.15, 0.2) is 10.4 Å². The molecule has 0 aromatic carbocycles. The van der Waals surface area contributed by atoms with Crippen molar-refractivity contribution in [1.29, 1.82) is 0 Å². The van der Waals surface area contributed by atoms with E-state index in [1.54, 1.807) is 18.4 Å². The van der Waals surface area contributed by atoms with Gasteiger partial charge in [0.1, 0.15) is 0 Å². The van der Waals surface area contributed by atoms with Crippen molar-refractivity contribution in [3.63, 3.8) is 0 Å². The number of thiazole rings is 1. The van der Waals surface area contributed by atoms with Gasteiger partial charge in [0.25, 0.3) is 0 Å². The Hall–Kier alpha value is -1.63. The number of nitrogens with one attached hydrogen (secondary N) is 3. The molecule has 1 amide bonds. The van der Waals surface area contributed by atoms with E-state index in [-0.39, 0.29) is 11.8 Å². The summed E-state index contributed by atoms with van der Waals surface area (Å²) in [4.78, 5) is 21.2. The quantitative estimate of drug-likeness (QED) is 0.535. The number of hydrogen-bond acceptors (Lipinski definition) is 4. The summed E-state index contributed by atoms with van der Waals surface area (Å²) in [5.41, 5.74) is 1.05. The fourth-order valence-electron chi connectivity index (χ4n) is 3.26. The topological polar surface area (TPSA) is 78.4 Å². The van der Waals surface area contributed by atoms with Gasteiger partial charge >= 0.3 is 0 Å². The first kappa shape index (κ1) is 18.2. The average molecular weight is 364 g/mol. The fraction of sp³-hybridized carbons (Fsp3) is 0.722. The molecule has 25 heavy (non-hydrogen) atoms. The van der Waals surface area contributed by atoms with Crippen LogP contribution in [0.5, 0.6) is 0 Å². The molecule has 2 atom stereocenters. The normalized spacial score (nSPS) is 24.0. The summed E-state index contributed by atoms with van der Waals surface area (Å²) in [6.07, 6.45) is 7.33. The molecule has 138 valence electrons. The van der Waals surface area contributed by atoms with Crippen LogP contribution in [0.3, 0.4) is 0 Å². The SMILES string of the molecule is CCc1nc(CNC(=NC)NC2CCCC(C(=O)NC3CC3)C2)cs1. The maximum Gasteiger partial charge on any atom is 0.223 e. The molecule has 6 nitrogen and oxygen atoms in total. The molecule has 2 unspecified atom stereocenters. The summed E-state index contributed by atoms with van der Waals surface area (Å²) in [7, 11) is 1.79. The number of aromatic nitrogens is 1. The monoisotopic (exact) mass is 363 g/mol. The number of rotatable bonds is 6. The van der Waals surface area contributed by atoms with Crippen molar-refractivity contribution in [2.24, 2.45) is 10.9 Å². The molecule has 0 spiro atoms. The molecule has 7 heteroatoms. The van der Waals surface area contributed by atoms with E-state index in [0.29, 0.717) is 18.6 Å². The molecule has 1 heterocycles. The minimum Gasteiger partial charge on any atom is -0.354 e. The maximum absolute atomic E-state index is 12.3. The van der Waals surface area contributed by atoms with Gasteiger partial charge in [-0.3, -0.25) is 9.79 Å². The Labute approximate surface area is 153 Å². The van der Waals surface area contributed by atoms with Crippen LogP contribution in [0.2, 0.25) is 0 Å². The molecule has 1 aromatic heterocycles. The molecule has 2 saturated carbocycles. The zero-order valence-electron chi connectivity index (χ0n) is 15.2. The number of nitrogens with zero attached hydrogens (tertiary/aromatic N) is 2. The second kappa shape index (κ2) is 8.65. The highest BCUT2D eigenvalue weighted by molar-refractivity contribution is 7.09. The van der Waals surface area contributed by atoms with E-state index in [4.69, 9.17) is 0 Å². The minimum atomic E-state index is 0.135. The summed E-state index contributed by atoms with van der Waals surface area (Å²) in [6.45, 7) is 2.80.